The third kappa shape index (κ3) is 29.2. The highest BCUT2D eigenvalue weighted by atomic mass is 16.5. The fraction of sp³-hybridized carbons (Fsp3) is 0.882. The Morgan fingerprint density at radius 3 is 1.47 bits per heavy atom. The third-order valence-corrected chi connectivity index (χ3v) is 7.56. The zero-order valence-corrected chi connectivity index (χ0v) is 25.5. The van der Waals surface area contributed by atoms with Gasteiger partial charge in [0.2, 0.25) is 0 Å². The van der Waals surface area contributed by atoms with Crippen LogP contribution in [0.2, 0.25) is 0 Å². The molecule has 1 unspecified atom stereocenters. The van der Waals surface area contributed by atoms with Crippen molar-refractivity contribution in [2.24, 2.45) is 0 Å². The van der Waals surface area contributed by atoms with E-state index in [1.54, 1.807) is 0 Å². The van der Waals surface area contributed by atoms with E-state index in [0.717, 1.165) is 44.9 Å². The Hall–Kier alpha value is -1.32. The summed E-state index contributed by atoms with van der Waals surface area (Å²) in [5.74, 6) is -0.667. The number of rotatable bonds is 30. The Morgan fingerprint density at radius 2 is 1.00 bits per heavy atom. The van der Waals surface area contributed by atoms with E-state index in [0.29, 0.717) is 12.8 Å². The van der Waals surface area contributed by atoms with E-state index in [1.807, 2.05) is 0 Å². The van der Waals surface area contributed by atoms with E-state index in [-0.39, 0.29) is 12.1 Å². The topological polar surface area (TPSA) is 63.6 Å². The molecule has 0 aliphatic rings. The van der Waals surface area contributed by atoms with E-state index >= 15 is 0 Å². The summed E-state index contributed by atoms with van der Waals surface area (Å²) in [6, 6.07) is 0. The van der Waals surface area contributed by atoms with Gasteiger partial charge in [-0.25, -0.2) is 0 Å². The number of hydrogen-bond acceptors (Lipinski definition) is 3. The molecule has 0 aliphatic heterocycles. The van der Waals surface area contributed by atoms with Gasteiger partial charge in [-0.15, -0.1) is 0 Å². The molecule has 1 atom stereocenters. The van der Waals surface area contributed by atoms with Gasteiger partial charge < -0.3 is 9.84 Å². The molecule has 0 bridgehead atoms. The normalized spacial score (nSPS) is 12.3. The van der Waals surface area contributed by atoms with Crippen LogP contribution < -0.4 is 0 Å². The average Bonchev–Trinajstić information content (AvgIpc) is 2.90. The number of esters is 1. The summed E-state index contributed by atoms with van der Waals surface area (Å²) in [6.45, 7) is 4.39. The summed E-state index contributed by atoms with van der Waals surface area (Å²) in [7, 11) is 0. The summed E-state index contributed by atoms with van der Waals surface area (Å²) in [4.78, 5) is 22.7. The van der Waals surface area contributed by atoms with Crippen LogP contribution in [0.4, 0.5) is 0 Å². The molecule has 38 heavy (non-hydrogen) atoms. The molecule has 0 aromatic carbocycles. The van der Waals surface area contributed by atoms with Crippen LogP contribution in [0.3, 0.4) is 0 Å². The Balaban J connectivity index is 3.45. The van der Waals surface area contributed by atoms with E-state index in [2.05, 4.69) is 26.0 Å². The fourth-order valence-electron chi connectivity index (χ4n) is 4.99. The van der Waals surface area contributed by atoms with Gasteiger partial charge in [0.1, 0.15) is 6.10 Å². The highest BCUT2D eigenvalue weighted by molar-refractivity contribution is 5.69. The van der Waals surface area contributed by atoms with Gasteiger partial charge in [0.25, 0.3) is 0 Å². The van der Waals surface area contributed by atoms with E-state index < -0.39 is 5.97 Å². The molecule has 224 valence electrons. The maximum absolute atomic E-state index is 12.2. The number of aliphatic carboxylic acids is 1. The van der Waals surface area contributed by atoms with Crippen LogP contribution in [0.15, 0.2) is 12.2 Å². The minimum atomic E-state index is -0.671. The van der Waals surface area contributed by atoms with Crippen molar-refractivity contribution in [3.63, 3.8) is 0 Å². The Morgan fingerprint density at radius 1 is 0.579 bits per heavy atom. The minimum absolute atomic E-state index is 0.00439. The Kier molecular flexibility index (Phi) is 29.2. The molecule has 0 fully saturated rings. The zero-order valence-electron chi connectivity index (χ0n) is 25.5. The van der Waals surface area contributed by atoms with Crippen molar-refractivity contribution < 1.29 is 19.4 Å². The van der Waals surface area contributed by atoms with Crippen LogP contribution in [0, 0.1) is 0 Å². The van der Waals surface area contributed by atoms with Crippen LogP contribution in [-0.4, -0.2) is 23.1 Å². The van der Waals surface area contributed by atoms with Crippen molar-refractivity contribution in [2.45, 2.75) is 193 Å². The van der Waals surface area contributed by atoms with Crippen LogP contribution in [0.1, 0.15) is 187 Å². The molecular formula is C34H64O4. The molecule has 0 aromatic heterocycles. The number of unbranched alkanes of at least 4 members (excludes halogenated alkanes) is 20. The average molecular weight is 537 g/mol. The largest absolute Gasteiger partial charge is 0.481 e. The van der Waals surface area contributed by atoms with E-state index in [1.165, 1.54) is 116 Å². The molecule has 0 saturated carbocycles. The second-order valence-electron chi connectivity index (χ2n) is 11.3. The molecule has 4 heteroatoms. The second kappa shape index (κ2) is 30.2. The van der Waals surface area contributed by atoms with Crippen LogP contribution in [0.5, 0.6) is 0 Å². The predicted octanol–water partition coefficient (Wildman–Crippen LogP) is 11.1. The highest BCUT2D eigenvalue weighted by Gasteiger charge is 2.12. The first-order valence-corrected chi connectivity index (χ1v) is 16.7. The Labute approximate surface area is 236 Å². The smallest absolute Gasteiger partial charge is 0.306 e. The highest BCUT2D eigenvalue weighted by Crippen LogP contribution is 2.16. The number of ether oxygens (including phenoxy) is 1. The number of hydrogen-bond donors (Lipinski definition) is 1. The van der Waals surface area contributed by atoms with Crippen LogP contribution in [-0.2, 0) is 14.3 Å². The predicted molar refractivity (Wildman–Crippen MR) is 163 cm³/mol. The summed E-state index contributed by atoms with van der Waals surface area (Å²) >= 11 is 0. The van der Waals surface area contributed by atoms with Gasteiger partial charge in [0, 0.05) is 12.8 Å². The maximum atomic E-state index is 12.2. The lowest BCUT2D eigenvalue weighted by Gasteiger charge is -2.16. The first-order valence-electron chi connectivity index (χ1n) is 16.7. The van der Waals surface area contributed by atoms with Crippen molar-refractivity contribution in [3.05, 3.63) is 12.2 Å². The molecule has 0 radical (unpaired) electrons. The third-order valence-electron chi connectivity index (χ3n) is 7.56. The van der Waals surface area contributed by atoms with Gasteiger partial charge in [-0.05, 0) is 57.8 Å². The molecule has 0 aliphatic carbocycles. The van der Waals surface area contributed by atoms with Crippen molar-refractivity contribution in [2.75, 3.05) is 0 Å². The van der Waals surface area contributed by atoms with Gasteiger partial charge in [-0.3, -0.25) is 9.59 Å². The number of carboxylic acids is 1. The van der Waals surface area contributed by atoms with Crippen molar-refractivity contribution in [3.8, 4) is 0 Å². The minimum Gasteiger partial charge on any atom is -0.481 e. The SMILES string of the molecule is CCCCCC/C=C\CCCCCCCC(=O)OC(CC)CCCCCCCCCCCCCCC(=O)O. The van der Waals surface area contributed by atoms with Gasteiger partial charge >= 0.3 is 11.9 Å². The molecule has 0 heterocycles. The van der Waals surface area contributed by atoms with E-state index in [9.17, 15) is 9.59 Å². The standard InChI is InChI=1S/C34H64O4/c1-3-5-6-7-8-9-10-11-16-19-22-25-28-31-34(37)38-32(4-2)29-26-23-20-17-14-12-13-15-18-21-24-27-30-33(35)36/h9-10,32H,3-8,11-31H2,1-2H3,(H,35,36)/b10-9-. The monoisotopic (exact) mass is 536 g/mol. The van der Waals surface area contributed by atoms with Gasteiger partial charge in [-0.2, -0.15) is 0 Å². The Bertz CT molecular complexity index is 543. The summed E-state index contributed by atoms with van der Waals surface area (Å²) < 4.78 is 5.75. The molecule has 0 rings (SSSR count). The summed E-state index contributed by atoms with van der Waals surface area (Å²) in [6.07, 6.45) is 35.9. The molecule has 1 N–H and O–H groups in total. The molecule has 0 aromatic rings. The molecule has 0 saturated heterocycles. The molecular weight excluding hydrogens is 472 g/mol. The number of carbonyl (C=O) groups is 2. The maximum Gasteiger partial charge on any atom is 0.306 e. The van der Waals surface area contributed by atoms with Crippen molar-refractivity contribution >= 4 is 11.9 Å². The number of carboxylic acid groups (broad SMARTS) is 1. The molecule has 0 amide bonds. The first-order chi connectivity index (χ1) is 18.6. The lowest BCUT2D eigenvalue weighted by Crippen LogP contribution is -2.17. The van der Waals surface area contributed by atoms with Crippen molar-refractivity contribution in [1.29, 1.82) is 0 Å². The fourth-order valence-corrected chi connectivity index (χ4v) is 4.99. The molecule has 4 nitrogen and oxygen atoms in total. The summed E-state index contributed by atoms with van der Waals surface area (Å²) in [5, 5.41) is 8.63. The quantitative estimate of drug-likeness (QED) is 0.0563. The zero-order chi connectivity index (χ0) is 27.9. The summed E-state index contributed by atoms with van der Waals surface area (Å²) in [5.41, 5.74) is 0. The van der Waals surface area contributed by atoms with Gasteiger partial charge in [0.15, 0.2) is 0 Å². The molecule has 0 spiro atoms. The second-order valence-corrected chi connectivity index (χ2v) is 11.3. The number of carbonyl (C=O) groups excluding carboxylic acids is 1. The first kappa shape index (κ1) is 36.7. The van der Waals surface area contributed by atoms with Gasteiger partial charge in [-0.1, -0.05) is 129 Å². The van der Waals surface area contributed by atoms with Crippen LogP contribution >= 0.6 is 0 Å². The van der Waals surface area contributed by atoms with Crippen molar-refractivity contribution in [1.82, 2.24) is 0 Å². The van der Waals surface area contributed by atoms with Crippen LogP contribution in [0.25, 0.3) is 0 Å². The number of allylic oxidation sites excluding steroid dienone is 2. The van der Waals surface area contributed by atoms with Gasteiger partial charge in [0.05, 0.1) is 0 Å². The lowest BCUT2D eigenvalue weighted by atomic mass is 10.0. The van der Waals surface area contributed by atoms with E-state index in [4.69, 9.17) is 9.84 Å². The lowest BCUT2D eigenvalue weighted by molar-refractivity contribution is -0.149.